The second-order valence-corrected chi connectivity index (χ2v) is 7.36. The first-order chi connectivity index (χ1) is 12.5. The van der Waals surface area contributed by atoms with Gasteiger partial charge in [0, 0.05) is 18.6 Å². The molecule has 0 aliphatic carbocycles. The van der Waals surface area contributed by atoms with Crippen LogP contribution in [0, 0.1) is 0 Å². The Morgan fingerprint density at radius 1 is 1.30 bits per heavy atom. The topological polar surface area (TPSA) is 152 Å². The number of carbonyl (C=O) groups is 4. The minimum absolute atomic E-state index is 0.0290. The first-order valence-electron chi connectivity index (χ1n) is 8.55. The molecule has 0 radical (unpaired) electrons. The maximum Gasteiger partial charge on any atom is 0.416 e. The van der Waals surface area contributed by atoms with Gasteiger partial charge in [-0.25, -0.2) is 29.8 Å². The molecule has 2 aliphatic heterocycles. The fourth-order valence-corrected chi connectivity index (χ4v) is 3.08. The summed E-state index contributed by atoms with van der Waals surface area (Å²) in [6.07, 6.45) is -0.471. The van der Waals surface area contributed by atoms with Crippen LogP contribution in [0.25, 0.3) is 0 Å². The van der Waals surface area contributed by atoms with Crippen molar-refractivity contribution in [3.05, 3.63) is 0 Å². The Balaban J connectivity index is 1.72. The van der Waals surface area contributed by atoms with Crippen LogP contribution in [0.1, 0.15) is 33.6 Å². The Morgan fingerprint density at radius 2 is 1.96 bits per heavy atom. The molecule has 0 aromatic carbocycles. The van der Waals surface area contributed by atoms with Crippen LogP contribution in [-0.2, 0) is 9.63 Å². The fraction of sp³-hybridized carbons (Fsp3) is 0.733. The van der Waals surface area contributed by atoms with Crippen LogP contribution in [0.3, 0.4) is 0 Å². The van der Waals surface area contributed by atoms with Crippen LogP contribution >= 0.6 is 0 Å². The minimum Gasteiger partial charge on any atom is -0.465 e. The van der Waals surface area contributed by atoms with Gasteiger partial charge in [0.1, 0.15) is 6.04 Å². The van der Waals surface area contributed by atoms with Crippen LogP contribution < -0.4 is 10.8 Å². The summed E-state index contributed by atoms with van der Waals surface area (Å²) in [5, 5.41) is 21.7. The molecule has 0 unspecified atom stereocenters. The van der Waals surface area contributed by atoms with Crippen LogP contribution in [-0.4, -0.2) is 86.6 Å². The lowest BCUT2D eigenvalue weighted by molar-refractivity contribution is -0.138. The number of amides is 6. The van der Waals surface area contributed by atoms with E-state index in [1.54, 1.807) is 20.8 Å². The second-order valence-electron chi connectivity index (χ2n) is 7.36. The Morgan fingerprint density at radius 3 is 2.56 bits per heavy atom. The van der Waals surface area contributed by atoms with Crippen LogP contribution in [0.2, 0.25) is 0 Å². The van der Waals surface area contributed by atoms with Gasteiger partial charge >= 0.3 is 18.2 Å². The van der Waals surface area contributed by atoms with Gasteiger partial charge in [-0.3, -0.25) is 14.8 Å². The molecule has 0 aromatic heterocycles. The SMILES string of the molecule is CC(C)(C)N(C(=O)O)C(=O)NCCONC(=O)[C@@H]1CC[C@@H]2CN1C(=O)N2O. The van der Waals surface area contributed by atoms with Crippen molar-refractivity contribution < 1.29 is 34.3 Å². The Hall–Kier alpha value is -2.60. The van der Waals surface area contributed by atoms with E-state index in [0.717, 1.165) is 0 Å². The number of hydroxylamine groups is 3. The van der Waals surface area contributed by atoms with Crippen molar-refractivity contribution in [2.24, 2.45) is 0 Å². The highest BCUT2D eigenvalue weighted by atomic mass is 16.7. The number of urea groups is 2. The number of nitrogens with one attached hydrogen (secondary N) is 2. The Bertz CT molecular complexity index is 620. The number of piperidine rings is 1. The number of imide groups is 1. The predicted molar refractivity (Wildman–Crippen MR) is 89.6 cm³/mol. The third kappa shape index (κ3) is 4.57. The van der Waals surface area contributed by atoms with Gasteiger partial charge in [0.25, 0.3) is 5.91 Å². The second kappa shape index (κ2) is 7.96. The first kappa shape index (κ1) is 20.7. The number of carboxylic acid groups (broad SMARTS) is 1. The standard InChI is InChI=1S/C15H25N5O7/c1-15(2,3)19(14(24)25)12(22)16-6-7-27-17-11(21)10-5-4-9-8-18(10)13(23)20(9)26/h9-10,26H,4-8H2,1-3H3,(H,16,22)(H,17,21)(H,24,25)/t9-,10+/m1/s1. The van der Waals surface area contributed by atoms with Crippen molar-refractivity contribution in [1.29, 1.82) is 0 Å². The largest absolute Gasteiger partial charge is 0.465 e. The summed E-state index contributed by atoms with van der Waals surface area (Å²) in [6.45, 7) is 4.91. The van der Waals surface area contributed by atoms with Crippen molar-refractivity contribution in [3.8, 4) is 0 Å². The van der Waals surface area contributed by atoms with E-state index in [0.29, 0.717) is 22.8 Å². The van der Waals surface area contributed by atoms with Crippen molar-refractivity contribution in [1.82, 2.24) is 25.7 Å². The number of nitrogens with zero attached hydrogens (tertiary/aromatic N) is 3. The van der Waals surface area contributed by atoms with Crippen LogP contribution in [0.15, 0.2) is 0 Å². The molecule has 152 valence electrons. The van der Waals surface area contributed by atoms with E-state index < -0.39 is 35.6 Å². The van der Waals surface area contributed by atoms with Crippen molar-refractivity contribution >= 4 is 24.1 Å². The Kier molecular flexibility index (Phi) is 6.11. The van der Waals surface area contributed by atoms with Crippen molar-refractivity contribution in [3.63, 3.8) is 0 Å². The summed E-state index contributed by atoms with van der Waals surface area (Å²) in [7, 11) is 0. The van der Waals surface area contributed by atoms with Gasteiger partial charge in [0.2, 0.25) is 0 Å². The number of hydrogen-bond acceptors (Lipinski definition) is 6. The molecule has 2 saturated heterocycles. The van der Waals surface area contributed by atoms with Gasteiger partial charge in [0.05, 0.1) is 12.6 Å². The molecule has 2 fully saturated rings. The summed E-state index contributed by atoms with van der Waals surface area (Å²) in [4.78, 5) is 54.1. The molecule has 0 aromatic rings. The molecule has 12 heteroatoms. The van der Waals surface area contributed by atoms with E-state index in [9.17, 15) is 24.4 Å². The summed E-state index contributed by atoms with van der Waals surface area (Å²) in [5.41, 5.74) is 1.30. The lowest BCUT2D eigenvalue weighted by atomic mass is 10.0. The van der Waals surface area contributed by atoms with Crippen LogP contribution in [0.5, 0.6) is 0 Å². The molecule has 2 atom stereocenters. The fourth-order valence-electron chi connectivity index (χ4n) is 3.08. The number of hydrogen-bond donors (Lipinski definition) is 4. The van der Waals surface area contributed by atoms with Crippen molar-refractivity contribution in [2.75, 3.05) is 19.7 Å². The van der Waals surface area contributed by atoms with E-state index in [4.69, 9.17) is 9.94 Å². The first-order valence-corrected chi connectivity index (χ1v) is 8.55. The van der Waals surface area contributed by atoms with Gasteiger partial charge in [-0.2, -0.15) is 0 Å². The molecule has 2 aliphatic rings. The highest BCUT2D eigenvalue weighted by Gasteiger charge is 2.46. The highest BCUT2D eigenvalue weighted by molar-refractivity contribution is 5.91. The molecule has 12 nitrogen and oxygen atoms in total. The van der Waals surface area contributed by atoms with E-state index in [-0.39, 0.29) is 25.7 Å². The quantitative estimate of drug-likeness (QED) is 0.298. The molecule has 6 amide bonds. The molecule has 0 spiro atoms. The number of fused-ring (bicyclic) bond motifs is 2. The van der Waals surface area contributed by atoms with E-state index >= 15 is 0 Å². The average molecular weight is 387 g/mol. The molecular formula is C15H25N5O7. The van der Waals surface area contributed by atoms with Crippen molar-refractivity contribution in [2.45, 2.75) is 51.2 Å². The predicted octanol–water partition coefficient (Wildman–Crippen LogP) is 0.180. The van der Waals surface area contributed by atoms with E-state index in [1.165, 1.54) is 4.90 Å². The third-order valence-corrected chi connectivity index (χ3v) is 4.37. The summed E-state index contributed by atoms with van der Waals surface area (Å²) >= 11 is 0. The zero-order valence-corrected chi connectivity index (χ0v) is 15.5. The normalized spacial score (nSPS) is 21.9. The van der Waals surface area contributed by atoms with Gasteiger partial charge < -0.3 is 15.3 Å². The van der Waals surface area contributed by atoms with Gasteiger partial charge in [-0.1, -0.05) is 0 Å². The zero-order valence-electron chi connectivity index (χ0n) is 15.5. The molecule has 2 rings (SSSR count). The monoisotopic (exact) mass is 387 g/mol. The molecule has 0 saturated carbocycles. The summed E-state index contributed by atoms with van der Waals surface area (Å²) < 4.78 is 0. The number of rotatable bonds is 5. The molecule has 4 N–H and O–H groups in total. The molecule has 2 heterocycles. The molecule has 2 bridgehead atoms. The van der Waals surface area contributed by atoms with Gasteiger partial charge in [0.15, 0.2) is 0 Å². The smallest absolute Gasteiger partial charge is 0.416 e. The molecular weight excluding hydrogens is 362 g/mol. The van der Waals surface area contributed by atoms with Crippen LogP contribution in [0.4, 0.5) is 14.4 Å². The van der Waals surface area contributed by atoms with Gasteiger partial charge in [-0.05, 0) is 33.6 Å². The maximum absolute atomic E-state index is 12.2. The number of carbonyl (C=O) groups excluding carboxylic acids is 3. The highest BCUT2D eigenvalue weighted by Crippen LogP contribution is 2.28. The maximum atomic E-state index is 12.2. The summed E-state index contributed by atoms with van der Waals surface area (Å²) in [5.74, 6) is -0.523. The third-order valence-electron chi connectivity index (χ3n) is 4.37. The van der Waals surface area contributed by atoms with Gasteiger partial charge in [-0.15, -0.1) is 0 Å². The Labute approximate surface area is 155 Å². The molecule has 27 heavy (non-hydrogen) atoms. The zero-order chi connectivity index (χ0) is 20.4. The van der Waals surface area contributed by atoms with E-state index in [1.807, 2.05) is 0 Å². The minimum atomic E-state index is -1.38. The lowest BCUT2D eigenvalue weighted by Crippen LogP contribution is -2.53. The lowest BCUT2D eigenvalue weighted by Gasteiger charge is -2.31. The summed E-state index contributed by atoms with van der Waals surface area (Å²) in [6, 6.07) is -2.43. The van der Waals surface area contributed by atoms with E-state index in [2.05, 4.69) is 10.8 Å². The average Bonchev–Trinajstić information content (AvgIpc) is 2.77.